The third kappa shape index (κ3) is 4.29. The summed E-state index contributed by atoms with van der Waals surface area (Å²) in [5, 5.41) is 11.5. The van der Waals surface area contributed by atoms with E-state index in [1.807, 2.05) is 6.92 Å². The number of carbonyl (C=O) groups is 2. The number of aliphatic carboxylic acids is 1. The highest BCUT2D eigenvalue weighted by molar-refractivity contribution is 6.29. The summed E-state index contributed by atoms with van der Waals surface area (Å²) < 4.78 is 0. The van der Waals surface area contributed by atoms with Crippen LogP contribution in [0.5, 0.6) is 0 Å². The van der Waals surface area contributed by atoms with Crippen LogP contribution in [0.25, 0.3) is 0 Å². The molecule has 1 aromatic rings. The second-order valence-electron chi connectivity index (χ2n) is 3.73. The molecule has 0 fully saturated rings. The van der Waals surface area contributed by atoms with Crippen LogP contribution in [-0.2, 0) is 4.79 Å². The fourth-order valence-electron chi connectivity index (χ4n) is 1.33. The summed E-state index contributed by atoms with van der Waals surface area (Å²) in [6.45, 7) is 1.95. The molecule has 1 aromatic heterocycles. The van der Waals surface area contributed by atoms with Crippen LogP contribution in [0.15, 0.2) is 12.4 Å². The van der Waals surface area contributed by atoms with E-state index in [1.165, 1.54) is 12.4 Å². The van der Waals surface area contributed by atoms with E-state index in [0.29, 0.717) is 6.42 Å². The van der Waals surface area contributed by atoms with Gasteiger partial charge >= 0.3 is 5.97 Å². The number of amides is 1. The molecule has 1 rings (SSSR count). The molecule has 0 radical (unpaired) electrons. The fourth-order valence-corrected chi connectivity index (χ4v) is 1.42. The highest BCUT2D eigenvalue weighted by Crippen LogP contribution is 2.04. The normalized spacial score (nSPS) is 11.9. The van der Waals surface area contributed by atoms with Crippen LogP contribution in [0.4, 0.5) is 0 Å². The van der Waals surface area contributed by atoms with Crippen LogP contribution >= 0.6 is 11.6 Å². The van der Waals surface area contributed by atoms with Gasteiger partial charge in [0.2, 0.25) is 0 Å². The number of halogens is 1. The Hall–Kier alpha value is -1.69. The van der Waals surface area contributed by atoms with Gasteiger partial charge in [0.15, 0.2) is 0 Å². The Kier molecular flexibility index (Phi) is 5.51. The molecule has 1 atom stereocenters. The number of carbonyl (C=O) groups excluding carboxylic acids is 1. The Morgan fingerprint density at radius 1 is 1.44 bits per heavy atom. The molecule has 0 spiro atoms. The number of unbranched alkanes of at least 4 members (excludes halogenated alkanes) is 1. The number of hydrogen-bond acceptors (Lipinski definition) is 4. The summed E-state index contributed by atoms with van der Waals surface area (Å²) in [4.78, 5) is 30.1. The largest absolute Gasteiger partial charge is 0.480 e. The summed E-state index contributed by atoms with van der Waals surface area (Å²) in [7, 11) is 0. The van der Waals surface area contributed by atoms with Crippen molar-refractivity contribution in [3.05, 3.63) is 23.2 Å². The minimum atomic E-state index is -1.06. The molecule has 0 aliphatic rings. The highest BCUT2D eigenvalue weighted by Gasteiger charge is 2.20. The van der Waals surface area contributed by atoms with Crippen LogP contribution in [-0.4, -0.2) is 33.0 Å². The predicted octanol–water partition coefficient (Wildman–Crippen LogP) is 1.50. The van der Waals surface area contributed by atoms with Gasteiger partial charge in [0.05, 0.1) is 12.4 Å². The van der Waals surface area contributed by atoms with Crippen molar-refractivity contribution in [3.63, 3.8) is 0 Å². The minimum absolute atomic E-state index is 0.0437. The van der Waals surface area contributed by atoms with E-state index in [1.54, 1.807) is 0 Å². The molecule has 2 N–H and O–H groups in total. The first-order valence-corrected chi connectivity index (χ1v) is 5.93. The second-order valence-corrected chi connectivity index (χ2v) is 4.12. The summed E-state index contributed by atoms with van der Waals surface area (Å²) in [6.07, 6.45) is 4.41. The summed E-state index contributed by atoms with van der Waals surface area (Å²) in [5.74, 6) is -1.62. The molecule has 6 nitrogen and oxygen atoms in total. The second kappa shape index (κ2) is 6.90. The van der Waals surface area contributed by atoms with Crippen molar-refractivity contribution in [2.24, 2.45) is 0 Å². The van der Waals surface area contributed by atoms with Gasteiger partial charge in [0.1, 0.15) is 16.9 Å². The van der Waals surface area contributed by atoms with E-state index in [-0.39, 0.29) is 10.8 Å². The maximum atomic E-state index is 11.7. The SMILES string of the molecule is CCCCC(NC(=O)c1cnc(Cl)cn1)C(=O)O. The van der Waals surface area contributed by atoms with Crippen LogP contribution < -0.4 is 5.32 Å². The van der Waals surface area contributed by atoms with Crippen LogP contribution in [0.1, 0.15) is 36.7 Å². The molecule has 1 amide bonds. The van der Waals surface area contributed by atoms with Crippen molar-refractivity contribution in [2.45, 2.75) is 32.2 Å². The Balaban J connectivity index is 2.66. The zero-order valence-corrected chi connectivity index (χ0v) is 10.6. The zero-order chi connectivity index (χ0) is 13.5. The van der Waals surface area contributed by atoms with E-state index in [4.69, 9.17) is 16.7 Å². The van der Waals surface area contributed by atoms with E-state index in [9.17, 15) is 9.59 Å². The molecule has 1 unspecified atom stereocenters. The van der Waals surface area contributed by atoms with Crippen molar-refractivity contribution in [2.75, 3.05) is 0 Å². The summed E-state index contributed by atoms with van der Waals surface area (Å²) in [5.41, 5.74) is 0.0437. The number of carboxylic acid groups (broad SMARTS) is 1. The first-order valence-electron chi connectivity index (χ1n) is 5.55. The first kappa shape index (κ1) is 14.4. The lowest BCUT2D eigenvalue weighted by molar-refractivity contribution is -0.139. The first-order chi connectivity index (χ1) is 8.54. The van der Waals surface area contributed by atoms with Crippen LogP contribution in [0, 0.1) is 0 Å². The van der Waals surface area contributed by atoms with Crippen molar-refractivity contribution in [3.8, 4) is 0 Å². The molecule has 0 saturated carbocycles. The Bertz CT molecular complexity index is 422. The number of hydrogen-bond donors (Lipinski definition) is 2. The molecular formula is C11H14ClN3O3. The number of rotatable bonds is 6. The number of nitrogens with one attached hydrogen (secondary N) is 1. The minimum Gasteiger partial charge on any atom is -0.480 e. The van der Waals surface area contributed by atoms with Crippen molar-refractivity contribution in [1.82, 2.24) is 15.3 Å². The average Bonchev–Trinajstić information content (AvgIpc) is 2.34. The Labute approximate surface area is 109 Å². The average molecular weight is 272 g/mol. The standard InChI is InChI=1S/C11H14ClN3O3/c1-2-3-4-7(11(17)18)15-10(16)8-5-14-9(12)6-13-8/h5-7H,2-4H2,1H3,(H,15,16)(H,17,18). The molecule has 0 saturated heterocycles. The predicted molar refractivity (Wildman–Crippen MR) is 65.5 cm³/mol. The topological polar surface area (TPSA) is 92.2 Å². The van der Waals surface area contributed by atoms with Gasteiger partial charge in [-0.25, -0.2) is 14.8 Å². The quantitative estimate of drug-likeness (QED) is 0.818. The fraction of sp³-hybridized carbons (Fsp3) is 0.455. The van der Waals surface area contributed by atoms with Crippen molar-refractivity contribution < 1.29 is 14.7 Å². The van der Waals surface area contributed by atoms with Crippen molar-refractivity contribution in [1.29, 1.82) is 0 Å². The van der Waals surface area contributed by atoms with E-state index < -0.39 is 17.9 Å². The number of nitrogens with zero attached hydrogens (tertiary/aromatic N) is 2. The summed E-state index contributed by atoms with van der Waals surface area (Å²) >= 11 is 5.54. The van der Waals surface area contributed by atoms with Crippen LogP contribution in [0.3, 0.4) is 0 Å². The molecule has 7 heteroatoms. The third-order valence-corrected chi connectivity index (χ3v) is 2.50. The molecule has 98 valence electrons. The molecular weight excluding hydrogens is 258 g/mol. The van der Waals surface area contributed by atoms with Gasteiger partial charge in [-0.15, -0.1) is 0 Å². The lowest BCUT2D eigenvalue weighted by Gasteiger charge is -2.13. The molecule has 18 heavy (non-hydrogen) atoms. The van der Waals surface area contributed by atoms with Gasteiger partial charge in [-0.2, -0.15) is 0 Å². The van der Waals surface area contributed by atoms with Gasteiger partial charge < -0.3 is 10.4 Å². The smallest absolute Gasteiger partial charge is 0.326 e. The van der Waals surface area contributed by atoms with E-state index in [2.05, 4.69) is 15.3 Å². The molecule has 0 bridgehead atoms. The van der Waals surface area contributed by atoms with Crippen LogP contribution in [0.2, 0.25) is 5.15 Å². The highest BCUT2D eigenvalue weighted by atomic mass is 35.5. The Morgan fingerprint density at radius 3 is 2.67 bits per heavy atom. The zero-order valence-electron chi connectivity index (χ0n) is 9.89. The monoisotopic (exact) mass is 271 g/mol. The maximum absolute atomic E-state index is 11.7. The van der Waals surface area contributed by atoms with Gasteiger partial charge in [0, 0.05) is 0 Å². The van der Waals surface area contributed by atoms with Gasteiger partial charge in [0.25, 0.3) is 5.91 Å². The lowest BCUT2D eigenvalue weighted by atomic mass is 10.1. The lowest BCUT2D eigenvalue weighted by Crippen LogP contribution is -2.41. The van der Waals surface area contributed by atoms with Gasteiger partial charge in [-0.3, -0.25) is 4.79 Å². The van der Waals surface area contributed by atoms with Crippen molar-refractivity contribution >= 4 is 23.5 Å². The Morgan fingerprint density at radius 2 is 2.17 bits per heavy atom. The molecule has 0 aliphatic heterocycles. The van der Waals surface area contributed by atoms with Gasteiger partial charge in [-0.1, -0.05) is 31.4 Å². The van der Waals surface area contributed by atoms with E-state index >= 15 is 0 Å². The number of carboxylic acids is 1. The molecule has 1 heterocycles. The van der Waals surface area contributed by atoms with Gasteiger partial charge in [-0.05, 0) is 6.42 Å². The molecule has 0 aromatic carbocycles. The molecule has 0 aliphatic carbocycles. The number of aromatic nitrogens is 2. The van der Waals surface area contributed by atoms with E-state index in [0.717, 1.165) is 12.8 Å². The summed E-state index contributed by atoms with van der Waals surface area (Å²) in [6, 6.07) is -0.907. The maximum Gasteiger partial charge on any atom is 0.326 e. The third-order valence-electron chi connectivity index (χ3n) is 2.30.